The second-order valence-corrected chi connectivity index (χ2v) is 3.57. The monoisotopic (exact) mass is 239 g/mol. The molecule has 0 aliphatic heterocycles. The SMILES string of the molecule is C[C@@H](NCC(=O)NC(N)=O)c1cccc(F)c1. The Morgan fingerprint density at radius 1 is 1.47 bits per heavy atom. The second kappa shape index (κ2) is 5.95. The molecule has 1 atom stereocenters. The highest BCUT2D eigenvalue weighted by atomic mass is 19.1. The van der Waals surface area contributed by atoms with Crippen molar-refractivity contribution >= 4 is 11.9 Å². The number of urea groups is 1. The Morgan fingerprint density at radius 3 is 2.76 bits per heavy atom. The van der Waals surface area contributed by atoms with Gasteiger partial charge in [0.15, 0.2) is 0 Å². The van der Waals surface area contributed by atoms with Crippen LogP contribution in [0.25, 0.3) is 0 Å². The van der Waals surface area contributed by atoms with Gasteiger partial charge in [0, 0.05) is 6.04 Å². The second-order valence-electron chi connectivity index (χ2n) is 3.57. The molecule has 3 amide bonds. The Balaban J connectivity index is 2.47. The normalized spacial score (nSPS) is 11.9. The summed E-state index contributed by atoms with van der Waals surface area (Å²) in [5.41, 5.74) is 5.50. The molecule has 0 spiro atoms. The van der Waals surface area contributed by atoms with Crippen molar-refractivity contribution < 1.29 is 14.0 Å². The van der Waals surface area contributed by atoms with Crippen LogP contribution in [0.5, 0.6) is 0 Å². The molecule has 1 aromatic rings. The molecule has 0 aromatic heterocycles. The molecule has 0 fully saturated rings. The van der Waals surface area contributed by atoms with Crippen molar-refractivity contribution in [2.24, 2.45) is 5.73 Å². The van der Waals surface area contributed by atoms with Crippen LogP contribution in [0, 0.1) is 5.82 Å². The highest BCUT2D eigenvalue weighted by molar-refractivity contribution is 5.94. The van der Waals surface area contributed by atoms with Crippen molar-refractivity contribution in [1.82, 2.24) is 10.6 Å². The van der Waals surface area contributed by atoms with Crippen LogP contribution in [0.1, 0.15) is 18.5 Å². The van der Waals surface area contributed by atoms with E-state index in [1.165, 1.54) is 12.1 Å². The van der Waals surface area contributed by atoms with Crippen LogP contribution in [0.3, 0.4) is 0 Å². The number of hydrogen-bond donors (Lipinski definition) is 3. The van der Waals surface area contributed by atoms with E-state index in [0.717, 1.165) is 5.56 Å². The molecule has 17 heavy (non-hydrogen) atoms. The van der Waals surface area contributed by atoms with E-state index >= 15 is 0 Å². The average molecular weight is 239 g/mol. The quantitative estimate of drug-likeness (QED) is 0.722. The van der Waals surface area contributed by atoms with Crippen LogP contribution in [0.15, 0.2) is 24.3 Å². The summed E-state index contributed by atoms with van der Waals surface area (Å²) >= 11 is 0. The molecule has 0 bridgehead atoms. The van der Waals surface area contributed by atoms with Crippen LogP contribution in [-0.2, 0) is 4.79 Å². The molecule has 0 heterocycles. The van der Waals surface area contributed by atoms with Crippen LogP contribution in [-0.4, -0.2) is 18.5 Å². The lowest BCUT2D eigenvalue weighted by Crippen LogP contribution is -2.41. The fraction of sp³-hybridized carbons (Fsp3) is 0.273. The predicted octanol–water partition coefficient (Wildman–Crippen LogP) is 0.671. The molecule has 4 N–H and O–H groups in total. The van der Waals surface area contributed by atoms with E-state index in [1.807, 2.05) is 5.32 Å². The van der Waals surface area contributed by atoms with E-state index in [2.05, 4.69) is 5.32 Å². The van der Waals surface area contributed by atoms with Gasteiger partial charge in [-0.25, -0.2) is 9.18 Å². The molecule has 0 saturated heterocycles. The van der Waals surface area contributed by atoms with Gasteiger partial charge in [0.1, 0.15) is 5.82 Å². The third-order valence-corrected chi connectivity index (χ3v) is 2.18. The summed E-state index contributed by atoms with van der Waals surface area (Å²) in [5, 5.41) is 4.77. The van der Waals surface area contributed by atoms with Gasteiger partial charge < -0.3 is 11.1 Å². The zero-order chi connectivity index (χ0) is 12.8. The minimum absolute atomic E-state index is 0.0688. The Labute approximate surface area is 98.2 Å². The van der Waals surface area contributed by atoms with Crippen LogP contribution >= 0.6 is 0 Å². The van der Waals surface area contributed by atoms with Gasteiger partial charge in [-0.1, -0.05) is 12.1 Å². The van der Waals surface area contributed by atoms with Crippen LogP contribution in [0.2, 0.25) is 0 Å². The molecule has 92 valence electrons. The molecule has 5 nitrogen and oxygen atoms in total. The van der Waals surface area contributed by atoms with Gasteiger partial charge in [-0.15, -0.1) is 0 Å². The summed E-state index contributed by atoms with van der Waals surface area (Å²) in [6, 6.07) is 4.96. The highest BCUT2D eigenvalue weighted by Gasteiger charge is 2.09. The van der Waals surface area contributed by atoms with Gasteiger partial charge in [-0.3, -0.25) is 10.1 Å². The minimum atomic E-state index is -0.893. The van der Waals surface area contributed by atoms with Crippen molar-refractivity contribution in [3.05, 3.63) is 35.6 Å². The van der Waals surface area contributed by atoms with Crippen molar-refractivity contribution in [2.45, 2.75) is 13.0 Å². The number of imide groups is 1. The maximum Gasteiger partial charge on any atom is 0.318 e. The molecule has 0 aliphatic rings. The van der Waals surface area contributed by atoms with Gasteiger partial charge in [0.25, 0.3) is 0 Å². The fourth-order valence-electron chi connectivity index (χ4n) is 1.32. The van der Waals surface area contributed by atoms with E-state index in [0.29, 0.717) is 0 Å². The summed E-state index contributed by atoms with van der Waals surface area (Å²) < 4.78 is 12.9. The number of carbonyl (C=O) groups is 2. The van der Waals surface area contributed by atoms with Crippen LogP contribution in [0.4, 0.5) is 9.18 Å². The van der Waals surface area contributed by atoms with E-state index in [-0.39, 0.29) is 18.4 Å². The predicted molar refractivity (Wildman–Crippen MR) is 60.5 cm³/mol. The number of benzene rings is 1. The Bertz CT molecular complexity index is 423. The summed E-state index contributed by atoms with van der Waals surface area (Å²) in [4.78, 5) is 21.5. The van der Waals surface area contributed by atoms with E-state index < -0.39 is 11.9 Å². The van der Waals surface area contributed by atoms with E-state index in [9.17, 15) is 14.0 Å². The number of nitrogens with one attached hydrogen (secondary N) is 2. The van der Waals surface area contributed by atoms with Crippen molar-refractivity contribution in [3.63, 3.8) is 0 Å². The molecule has 0 radical (unpaired) electrons. The molecule has 0 aliphatic carbocycles. The first-order chi connectivity index (χ1) is 7.99. The topological polar surface area (TPSA) is 84.2 Å². The summed E-state index contributed by atoms with van der Waals surface area (Å²) in [6.45, 7) is 1.72. The smallest absolute Gasteiger partial charge is 0.318 e. The fourth-order valence-corrected chi connectivity index (χ4v) is 1.32. The highest BCUT2D eigenvalue weighted by Crippen LogP contribution is 2.12. The number of primary amides is 1. The molecule has 1 rings (SSSR count). The molecule has 0 saturated carbocycles. The Hall–Kier alpha value is -1.95. The zero-order valence-corrected chi connectivity index (χ0v) is 9.37. The number of amides is 3. The molecule has 6 heteroatoms. The summed E-state index contributed by atoms with van der Waals surface area (Å²) in [6.07, 6.45) is 0. The van der Waals surface area contributed by atoms with Crippen molar-refractivity contribution in [3.8, 4) is 0 Å². The lowest BCUT2D eigenvalue weighted by molar-refractivity contribution is -0.119. The van der Waals surface area contributed by atoms with Gasteiger partial charge in [-0.05, 0) is 24.6 Å². The lowest BCUT2D eigenvalue weighted by Gasteiger charge is -2.13. The maximum absolute atomic E-state index is 12.9. The van der Waals surface area contributed by atoms with Gasteiger partial charge in [0.05, 0.1) is 6.54 Å². The molecular weight excluding hydrogens is 225 g/mol. The molecular formula is C11H14FN3O2. The third kappa shape index (κ3) is 4.60. The van der Waals surface area contributed by atoms with E-state index in [1.54, 1.807) is 19.1 Å². The molecule has 0 unspecified atom stereocenters. The van der Waals surface area contributed by atoms with Gasteiger partial charge >= 0.3 is 6.03 Å². The Kier molecular flexibility index (Phi) is 4.59. The first kappa shape index (κ1) is 13.1. The average Bonchev–Trinajstić information content (AvgIpc) is 2.25. The largest absolute Gasteiger partial charge is 0.351 e. The summed E-state index contributed by atoms with van der Waals surface area (Å²) in [7, 11) is 0. The number of rotatable bonds is 4. The number of nitrogens with two attached hydrogens (primary N) is 1. The van der Waals surface area contributed by atoms with Gasteiger partial charge in [0.2, 0.25) is 5.91 Å². The minimum Gasteiger partial charge on any atom is -0.351 e. The lowest BCUT2D eigenvalue weighted by atomic mass is 10.1. The van der Waals surface area contributed by atoms with Crippen LogP contribution < -0.4 is 16.4 Å². The molecule has 1 aromatic carbocycles. The van der Waals surface area contributed by atoms with Gasteiger partial charge in [-0.2, -0.15) is 0 Å². The van der Waals surface area contributed by atoms with Crippen molar-refractivity contribution in [2.75, 3.05) is 6.54 Å². The zero-order valence-electron chi connectivity index (χ0n) is 9.37. The first-order valence-electron chi connectivity index (χ1n) is 5.07. The standard InChI is InChI=1S/C11H14FN3O2/c1-7(8-3-2-4-9(12)5-8)14-6-10(16)15-11(13)17/h2-5,7,14H,6H2,1H3,(H3,13,15,16,17)/t7-/m1/s1. The van der Waals surface area contributed by atoms with Crippen molar-refractivity contribution in [1.29, 1.82) is 0 Å². The number of hydrogen-bond acceptors (Lipinski definition) is 3. The number of halogens is 1. The summed E-state index contributed by atoms with van der Waals surface area (Å²) in [5.74, 6) is -0.863. The Morgan fingerprint density at radius 2 is 2.18 bits per heavy atom. The van der Waals surface area contributed by atoms with E-state index in [4.69, 9.17) is 5.73 Å². The third-order valence-electron chi connectivity index (χ3n) is 2.18. The first-order valence-corrected chi connectivity index (χ1v) is 5.07. The maximum atomic E-state index is 12.9. The number of carbonyl (C=O) groups excluding carboxylic acids is 2.